The number of carbonyl (C=O) groups is 3. The van der Waals surface area contributed by atoms with Crippen molar-refractivity contribution in [1.82, 2.24) is 10.2 Å². The summed E-state index contributed by atoms with van der Waals surface area (Å²) in [6, 6.07) is 14.7. The summed E-state index contributed by atoms with van der Waals surface area (Å²) >= 11 is 0. The van der Waals surface area contributed by atoms with Crippen LogP contribution in [0.1, 0.15) is 55.2 Å². The lowest BCUT2D eigenvalue weighted by molar-refractivity contribution is 0.0695. The van der Waals surface area contributed by atoms with Gasteiger partial charge in [-0.25, -0.2) is 0 Å². The lowest BCUT2D eigenvalue weighted by Crippen LogP contribution is -2.46. The van der Waals surface area contributed by atoms with E-state index in [4.69, 9.17) is 4.42 Å². The van der Waals surface area contributed by atoms with Crippen LogP contribution >= 0.6 is 0 Å². The predicted octanol–water partition coefficient (Wildman–Crippen LogP) is 3.83. The summed E-state index contributed by atoms with van der Waals surface area (Å²) in [6.45, 7) is 2.93. The normalized spacial score (nSPS) is 15.5. The minimum absolute atomic E-state index is 0.00264. The van der Waals surface area contributed by atoms with Crippen molar-refractivity contribution in [1.29, 1.82) is 0 Å². The van der Waals surface area contributed by atoms with Crippen LogP contribution in [0.3, 0.4) is 0 Å². The summed E-state index contributed by atoms with van der Waals surface area (Å²) in [5.41, 5.74) is 4.40. The fourth-order valence-corrected chi connectivity index (χ4v) is 4.43. The van der Waals surface area contributed by atoms with Crippen LogP contribution in [-0.2, 0) is 0 Å². The predicted molar refractivity (Wildman–Crippen MR) is 115 cm³/mol. The molecule has 2 amide bonds. The molecule has 2 heterocycles. The van der Waals surface area contributed by atoms with Crippen molar-refractivity contribution in [3.63, 3.8) is 0 Å². The molecule has 0 saturated carbocycles. The lowest BCUT2D eigenvalue weighted by Gasteiger charge is -2.32. The quantitative estimate of drug-likeness (QED) is 0.553. The summed E-state index contributed by atoms with van der Waals surface area (Å²) in [5, 5.41) is 3.00. The number of benzene rings is 2. The van der Waals surface area contributed by atoms with Gasteiger partial charge in [0.1, 0.15) is 0 Å². The number of aryl methyl sites for hydroxylation is 1. The summed E-state index contributed by atoms with van der Waals surface area (Å²) in [7, 11) is 0. The Hall–Kier alpha value is -3.67. The van der Waals surface area contributed by atoms with Gasteiger partial charge in [0, 0.05) is 41.4 Å². The largest absolute Gasteiger partial charge is 0.459 e. The Morgan fingerprint density at radius 3 is 2.39 bits per heavy atom. The first kappa shape index (κ1) is 19.3. The van der Waals surface area contributed by atoms with E-state index in [2.05, 4.69) is 5.32 Å². The first-order valence-electron chi connectivity index (χ1n) is 10.5. The molecule has 1 fully saturated rings. The molecule has 1 aliphatic heterocycles. The molecule has 0 spiro atoms. The van der Waals surface area contributed by atoms with Gasteiger partial charge in [0.15, 0.2) is 11.5 Å². The van der Waals surface area contributed by atoms with Gasteiger partial charge in [-0.05, 0) is 49.1 Å². The highest BCUT2D eigenvalue weighted by atomic mass is 16.3. The van der Waals surface area contributed by atoms with E-state index < -0.39 is 0 Å². The number of fused-ring (bicyclic) bond motifs is 3. The number of ketones is 1. The minimum atomic E-state index is -0.219. The number of rotatable bonds is 3. The molecule has 1 N–H and O–H groups in total. The van der Waals surface area contributed by atoms with Gasteiger partial charge in [0.05, 0.1) is 6.26 Å². The number of piperidine rings is 1. The van der Waals surface area contributed by atoms with Gasteiger partial charge in [-0.1, -0.05) is 30.3 Å². The van der Waals surface area contributed by atoms with Crippen molar-refractivity contribution in [3.8, 4) is 11.1 Å². The van der Waals surface area contributed by atoms with Crippen molar-refractivity contribution in [3.05, 3.63) is 82.8 Å². The number of likely N-dealkylation sites (tertiary alicyclic amines) is 1. The maximum atomic E-state index is 13.1. The van der Waals surface area contributed by atoms with Gasteiger partial charge < -0.3 is 14.6 Å². The third-order valence-corrected chi connectivity index (χ3v) is 6.16. The van der Waals surface area contributed by atoms with E-state index in [-0.39, 0.29) is 23.6 Å². The van der Waals surface area contributed by atoms with E-state index in [1.165, 1.54) is 6.26 Å². The molecule has 0 atom stereocenters. The molecule has 5 rings (SSSR count). The topological polar surface area (TPSA) is 79.6 Å². The Morgan fingerprint density at radius 1 is 0.968 bits per heavy atom. The zero-order valence-corrected chi connectivity index (χ0v) is 17.2. The molecule has 6 heteroatoms. The third kappa shape index (κ3) is 3.34. The highest BCUT2D eigenvalue weighted by Gasteiger charge is 2.29. The molecule has 1 aliphatic carbocycles. The summed E-state index contributed by atoms with van der Waals surface area (Å²) in [4.78, 5) is 39.9. The maximum absolute atomic E-state index is 13.1. The monoisotopic (exact) mass is 414 g/mol. The number of carbonyl (C=O) groups excluding carboxylic acids is 3. The average Bonchev–Trinajstić information content (AvgIpc) is 3.35. The summed E-state index contributed by atoms with van der Waals surface area (Å²) in [6.07, 6.45) is 2.85. The first-order valence-corrected chi connectivity index (χ1v) is 10.5. The van der Waals surface area contributed by atoms with E-state index in [9.17, 15) is 14.4 Å². The number of nitrogens with one attached hydrogen (secondary N) is 1. The van der Waals surface area contributed by atoms with E-state index in [0.717, 1.165) is 16.7 Å². The zero-order chi connectivity index (χ0) is 21.5. The molecule has 1 aromatic heterocycles. The van der Waals surface area contributed by atoms with Gasteiger partial charge in [0.2, 0.25) is 0 Å². The SMILES string of the molecule is Cc1ccoc1C(=O)NC1CCN(C(=O)c2ccc3c(c2)C(=O)c2ccccc2-3)CC1. The van der Waals surface area contributed by atoms with E-state index in [1.54, 1.807) is 23.1 Å². The molecule has 31 heavy (non-hydrogen) atoms. The van der Waals surface area contributed by atoms with E-state index in [1.807, 2.05) is 37.3 Å². The van der Waals surface area contributed by atoms with Crippen molar-refractivity contribution in [2.75, 3.05) is 13.1 Å². The van der Waals surface area contributed by atoms with Crippen LogP contribution in [0.2, 0.25) is 0 Å². The van der Waals surface area contributed by atoms with Crippen LogP contribution in [0.15, 0.2) is 59.2 Å². The molecule has 6 nitrogen and oxygen atoms in total. The van der Waals surface area contributed by atoms with Crippen LogP contribution in [0.4, 0.5) is 0 Å². The second-order valence-electron chi connectivity index (χ2n) is 8.11. The van der Waals surface area contributed by atoms with Crippen molar-refractivity contribution >= 4 is 17.6 Å². The smallest absolute Gasteiger partial charge is 0.287 e. The Kier molecular flexibility index (Phi) is 4.70. The van der Waals surface area contributed by atoms with Gasteiger partial charge in [-0.15, -0.1) is 0 Å². The van der Waals surface area contributed by atoms with Gasteiger partial charge in [-0.2, -0.15) is 0 Å². The number of amides is 2. The fraction of sp³-hybridized carbons (Fsp3) is 0.240. The number of hydrogen-bond acceptors (Lipinski definition) is 4. The van der Waals surface area contributed by atoms with Crippen molar-refractivity contribution in [2.45, 2.75) is 25.8 Å². The molecule has 1 saturated heterocycles. The molecule has 0 unspecified atom stereocenters. The molecule has 2 aromatic carbocycles. The van der Waals surface area contributed by atoms with E-state index >= 15 is 0 Å². The summed E-state index contributed by atoms with van der Waals surface area (Å²) < 4.78 is 5.25. The fourth-order valence-electron chi connectivity index (χ4n) is 4.43. The lowest BCUT2D eigenvalue weighted by atomic mass is 10.0. The number of furan rings is 1. The Bertz CT molecular complexity index is 1200. The number of hydrogen-bond donors (Lipinski definition) is 1. The molecular formula is C25H22N2O4. The van der Waals surface area contributed by atoms with Crippen LogP contribution < -0.4 is 5.32 Å². The maximum Gasteiger partial charge on any atom is 0.287 e. The second-order valence-corrected chi connectivity index (χ2v) is 8.11. The van der Waals surface area contributed by atoms with Crippen molar-refractivity contribution in [2.24, 2.45) is 0 Å². The van der Waals surface area contributed by atoms with Gasteiger partial charge >= 0.3 is 0 Å². The Balaban J connectivity index is 1.25. The van der Waals surface area contributed by atoms with Crippen LogP contribution in [-0.4, -0.2) is 41.6 Å². The average molecular weight is 414 g/mol. The minimum Gasteiger partial charge on any atom is -0.459 e. The molecule has 156 valence electrons. The summed E-state index contributed by atoms with van der Waals surface area (Å²) in [5.74, 6) is -0.000565. The van der Waals surface area contributed by atoms with Crippen LogP contribution in [0, 0.1) is 6.92 Å². The first-order chi connectivity index (χ1) is 15.0. The molecule has 2 aliphatic rings. The van der Waals surface area contributed by atoms with Crippen LogP contribution in [0.5, 0.6) is 0 Å². The molecule has 0 bridgehead atoms. The molecular weight excluding hydrogens is 392 g/mol. The highest BCUT2D eigenvalue weighted by molar-refractivity contribution is 6.22. The van der Waals surface area contributed by atoms with Gasteiger partial charge in [-0.3, -0.25) is 14.4 Å². The standard InChI is InChI=1S/C25H22N2O4/c1-15-10-13-31-23(15)24(29)26-17-8-11-27(12-9-17)25(30)16-6-7-19-18-4-2-3-5-20(18)22(28)21(19)14-16/h2-7,10,13-14,17H,8-9,11-12H2,1H3,(H,26,29). The molecule has 0 radical (unpaired) electrons. The highest BCUT2D eigenvalue weighted by Crippen LogP contribution is 2.37. The molecule has 3 aromatic rings. The van der Waals surface area contributed by atoms with Crippen molar-refractivity contribution < 1.29 is 18.8 Å². The van der Waals surface area contributed by atoms with Gasteiger partial charge in [0.25, 0.3) is 11.8 Å². The number of nitrogens with zero attached hydrogens (tertiary/aromatic N) is 1. The zero-order valence-electron chi connectivity index (χ0n) is 17.2. The van der Waals surface area contributed by atoms with Crippen LogP contribution in [0.25, 0.3) is 11.1 Å². The second kappa shape index (κ2) is 7.54. The Labute approximate surface area is 179 Å². The van der Waals surface area contributed by atoms with E-state index in [0.29, 0.717) is 48.4 Å². The third-order valence-electron chi connectivity index (χ3n) is 6.16. The Morgan fingerprint density at radius 2 is 1.68 bits per heavy atom.